The molecule has 5 nitrogen and oxygen atoms in total. The minimum absolute atomic E-state index is 0.0188. The minimum atomic E-state index is -0.0188. The monoisotopic (exact) mass is 349 g/mol. The number of hydrogen-bond acceptors (Lipinski definition) is 5. The van der Waals surface area contributed by atoms with Gasteiger partial charge in [-0.15, -0.1) is 0 Å². The van der Waals surface area contributed by atoms with Gasteiger partial charge < -0.3 is 14.2 Å². The summed E-state index contributed by atoms with van der Waals surface area (Å²) in [4.78, 5) is 21.9. The molecule has 0 N–H and O–H groups in total. The van der Waals surface area contributed by atoms with Crippen LogP contribution in [-0.4, -0.2) is 43.1 Å². The largest absolute Gasteiger partial charge is 0.463 e. The minimum Gasteiger partial charge on any atom is -0.463 e. The normalized spacial score (nSPS) is 17.4. The molecule has 4 rings (SSSR count). The Hall–Kier alpha value is -2.66. The molecule has 1 aromatic carbocycles. The van der Waals surface area contributed by atoms with Crippen LogP contribution in [0.3, 0.4) is 0 Å². The van der Waals surface area contributed by atoms with Gasteiger partial charge in [0.15, 0.2) is 0 Å². The first kappa shape index (κ1) is 16.8. The number of rotatable bonds is 3. The average molecular weight is 349 g/mol. The lowest BCUT2D eigenvalue weighted by Gasteiger charge is -2.21. The maximum atomic E-state index is 12.8. The number of hydrogen-bond donors (Lipinski definition) is 0. The number of benzene rings is 1. The van der Waals surface area contributed by atoms with E-state index in [4.69, 9.17) is 4.42 Å². The maximum absolute atomic E-state index is 12.8. The van der Waals surface area contributed by atoms with E-state index in [1.807, 2.05) is 37.3 Å². The molecule has 1 aliphatic rings. The van der Waals surface area contributed by atoms with Crippen LogP contribution in [0.25, 0.3) is 22.1 Å². The number of fused-ring (bicyclic) bond motifs is 1. The Balaban J connectivity index is 1.63. The highest BCUT2D eigenvalue weighted by Crippen LogP contribution is 2.24. The molecule has 0 aliphatic carbocycles. The Labute approximate surface area is 152 Å². The number of anilines is 1. The molecular formula is C21H23N3O2. The van der Waals surface area contributed by atoms with E-state index in [0.29, 0.717) is 22.6 Å². The Bertz CT molecular complexity index is 992. The number of aromatic nitrogens is 1. The first-order valence-corrected chi connectivity index (χ1v) is 8.93. The zero-order valence-electron chi connectivity index (χ0n) is 15.4. The Morgan fingerprint density at radius 3 is 2.77 bits per heavy atom. The van der Waals surface area contributed by atoms with Crippen molar-refractivity contribution in [2.45, 2.75) is 19.4 Å². The number of aryl methyl sites for hydroxylation is 1. The van der Waals surface area contributed by atoms with E-state index in [2.05, 4.69) is 28.9 Å². The zero-order chi connectivity index (χ0) is 18.3. The second-order valence-electron chi connectivity index (χ2n) is 7.24. The molecule has 1 unspecified atom stereocenters. The van der Waals surface area contributed by atoms with Crippen molar-refractivity contribution in [2.24, 2.45) is 0 Å². The van der Waals surface area contributed by atoms with E-state index in [-0.39, 0.29) is 5.43 Å². The van der Waals surface area contributed by atoms with Crippen molar-refractivity contribution in [3.8, 4) is 11.1 Å². The predicted molar refractivity (Wildman–Crippen MR) is 105 cm³/mol. The van der Waals surface area contributed by atoms with Gasteiger partial charge in [0.2, 0.25) is 5.43 Å². The van der Waals surface area contributed by atoms with E-state index < -0.39 is 0 Å². The van der Waals surface area contributed by atoms with Gasteiger partial charge in [0.05, 0.1) is 10.9 Å². The standard InChI is InChI=1S/C21H23N3O2/c1-14-4-6-17-19(10-14)26-13-18(21(17)25)15-5-7-20(22-11-15)24-9-8-16(12-24)23(2)3/h4-7,10-11,13,16H,8-9,12H2,1-3H3. The summed E-state index contributed by atoms with van der Waals surface area (Å²) in [5.74, 6) is 0.957. The van der Waals surface area contributed by atoms with Crippen LogP contribution in [0, 0.1) is 6.92 Å². The number of pyridine rings is 1. The summed E-state index contributed by atoms with van der Waals surface area (Å²) in [5.41, 5.74) is 3.01. The van der Waals surface area contributed by atoms with Crippen LogP contribution in [0.5, 0.6) is 0 Å². The summed E-state index contributed by atoms with van der Waals surface area (Å²) in [6.07, 6.45) is 4.45. The number of likely N-dealkylation sites (N-methyl/N-ethyl adjacent to an activating group) is 1. The van der Waals surface area contributed by atoms with Gasteiger partial charge in [-0.05, 0) is 57.3 Å². The van der Waals surface area contributed by atoms with E-state index >= 15 is 0 Å². The molecule has 0 bridgehead atoms. The summed E-state index contributed by atoms with van der Waals surface area (Å²) >= 11 is 0. The summed E-state index contributed by atoms with van der Waals surface area (Å²) < 4.78 is 5.69. The van der Waals surface area contributed by atoms with E-state index in [1.165, 1.54) is 0 Å². The van der Waals surface area contributed by atoms with Gasteiger partial charge in [0, 0.05) is 30.9 Å². The third-order valence-electron chi connectivity index (χ3n) is 5.21. The second-order valence-corrected chi connectivity index (χ2v) is 7.24. The van der Waals surface area contributed by atoms with Crippen LogP contribution < -0.4 is 10.3 Å². The molecule has 1 fully saturated rings. The fourth-order valence-electron chi connectivity index (χ4n) is 3.54. The molecule has 0 amide bonds. The van der Waals surface area contributed by atoms with Crippen LogP contribution in [0.4, 0.5) is 5.82 Å². The van der Waals surface area contributed by atoms with Gasteiger partial charge in [-0.25, -0.2) is 4.98 Å². The topological polar surface area (TPSA) is 49.6 Å². The molecule has 1 atom stereocenters. The molecule has 5 heteroatoms. The third-order valence-corrected chi connectivity index (χ3v) is 5.21. The summed E-state index contributed by atoms with van der Waals surface area (Å²) in [6, 6.07) is 10.2. The van der Waals surface area contributed by atoms with Gasteiger partial charge in [-0.1, -0.05) is 6.07 Å². The third kappa shape index (κ3) is 2.99. The molecule has 0 saturated carbocycles. The number of nitrogens with zero attached hydrogens (tertiary/aromatic N) is 3. The molecule has 3 aromatic rings. The van der Waals surface area contributed by atoms with Crippen LogP contribution in [-0.2, 0) is 0 Å². The van der Waals surface area contributed by atoms with Gasteiger partial charge in [-0.3, -0.25) is 4.79 Å². The van der Waals surface area contributed by atoms with Crippen molar-refractivity contribution in [3.63, 3.8) is 0 Å². The molecule has 134 valence electrons. The van der Waals surface area contributed by atoms with Crippen molar-refractivity contribution in [3.05, 3.63) is 58.6 Å². The molecule has 1 saturated heterocycles. The summed E-state index contributed by atoms with van der Waals surface area (Å²) in [5, 5.41) is 0.602. The summed E-state index contributed by atoms with van der Waals surface area (Å²) in [7, 11) is 4.23. The maximum Gasteiger partial charge on any atom is 0.200 e. The summed E-state index contributed by atoms with van der Waals surface area (Å²) in [6.45, 7) is 3.97. The van der Waals surface area contributed by atoms with Crippen molar-refractivity contribution < 1.29 is 4.42 Å². The Morgan fingerprint density at radius 2 is 2.08 bits per heavy atom. The van der Waals surface area contributed by atoms with Crippen LogP contribution in [0.2, 0.25) is 0 Å². The van der Waals surface area contributed by atoms with E-state index in [1.54, 1.807) is 12.5 Å². The van der Waals surface area contributed by atoms with Crippen LogP contribution >= 0.6 is 0 Å². The van der Waals surface area contributed by atoms with E-state index in [0.717, 1.165) is 36.5 Å². The fourth-order valence-corrected chi connectivity index (χ4v) is 3.54. The van der Waals surface area contributed by atoms with Crippen molar-refractivity contribution >= 4 is 16.8 Å². The highest BCUT2D eigenvalue weighted by molar-refractivity contribution is 5.82. The first-order valence-electron chi connectivity index (χ1n) is 8.93. The lowest BCUT2D eigenvalue weighted by molar-refractivity contribution is 0.315. The second kappa shape index (κ2) is 6.57. The molecule has 26 heavy (non-hydrogen) atoms. The molecule has 1 aliphatic heterocycles. The molecular weight excluding hydrogens is 326 g/mol. The zero-order valence-corrected chi connectivity index (χ0v) is 15.4. The van der Waals surface area contributed by atoms with Gasteiger partial charge in [0.1, 0.15) is 17.7 Å². The lowest BCUT2D eigenvalue weighted by atomic mass is 10.1. The van der Waals surface area contributed by atoms with Crippen molar-refractivity contribution in [2.75, 3.05) is 32.1 Å². The van der Waals surface area contributed by atoms with Gasteiger partial charge in [-0.2, -0.15) is 0 Å². The van der Waals surface area contributed by atoms with Crippen LogP contribution in [0.1, 0.15) is 12.0 Å². The van der Waals surface area contributed by atoms with Gasteiger partial charge >= 0.3 is 0 Å². The smallest absolute Gasteiger partial charge is 0.200 e. The molecule has 2 aromatic heterocycles. The molecule has 3 heterocycles. The molecule has 0 radical (unpaired) electrons. The van der Waals surface area contributed by atoms with E-state index in [9.17, 15) is 4.79 Å². The lowest BCUT2D eigenvalue weighted by Crippen LogP contribution is -2.31. The van der Waals surface area contributed by atoms with Crippen LogP contribution in [0.15, 0.2) is 52.0 Å². The highest BCUT2D eigenvalue weighted by atomic mass is 16.3. The molecule has 0 spiro atoms. The Morgan fingerprint density at radius 1 is 1.23 bits per heavy atom. The van der Waals surface area contributed by atoms with Crippen molar-refractivity contribution in [1.29, 1.82) is 0 Å². The fraction of sp³-hybridized carbons (Fsp3) is 0.333. The highest BCUT2D eigenvalue weighted by Gasteiger charge is 2.24. The Kier molecular flexibility index (Phi) is 4.24. The quantitative estimate of drug-likeness (QED) is 0.726. The SMILES string of the molecule is Cc1ccc2c(=O)c(-c3ccc(N4CCC(N(C)C)C4)nc3)coc2c1. The van der Waals surface area contributed by atoms with Crippen molar-refractivity contribution in [1.82, 2.24) is 9.88 Å². The average Bonchev–Trinajstić information content (AvgIpc) is 3.13. The predicted octanol–water partition coefficient (Wildman–Crippen LogP) is 3.30. The van der Waals surface area contributed by atoms with Gasteiger partial charge in [0.25, 0.3) is 0 Å². The first-order chi connectivity index (χ1) is 12.5.